The van der Waals surface area contributed by atoms with Crippen LogP contribution in [0.25, 0.3) is 11.0 Å². The number of ether oxygens (including phenoxy) is 2. The molecule has 11 nitrogen and oxygen atoms in total. The van der Waals surface area contributed by atoms with Crippen molar-refractivity contribution >= 4 is 29.0 Å². The third kappa shape index (κ3) is 7.69. The van der Waals surface area contributed by atoms with Crippen LogP contribution in [-0.2, 0) is 11.3 Å². The molecule has 2 amide bonds. The van der Waals surface area contributed by atoms with E-state index >= 15 is 0 Å². The average molecular weight is 526 g/mol. The number of urea groups is 1. The van der Waals surface area contributed by atoms with Crippen molar-refractivity contribution in [2.75, 3.05) is 46.9 Å². The number of carboxylic acid groups (broad SMARTS) is 1. The van der Waals surface area contributed by atoms with Gasteiger partial charge in [-0.25, -0.2) is 14.4 Å². The Kier molecular flexibility index (Phi) is 10.1. The summed E-state index contributed by atoms with van der Waals surface area (Å²) >= 11 is 0. The van der Waals surface area contributed by atoms with Crippen molar-refractivity contribution in [1.82, 2.24) is 19.4 Å². The number of likely N-dealkylation sites (N-methyl/N-ethyl adjacent to an activating group) is 1. The lowest BCUT2D eigenvalue weighted by Gasteiger charge is -2.11. The Hall–Kier alpha value is -4.12. The number of fused-ring (bicyclic) bond motifs is 1. The summed E-state index contributed by atoms with van der Waals surface area (Å²) in [6, 6.07) is 12.0. The van der Waals surface area contributed by atoms with Crippen LogP contribution >= 0.6 is 0 Å². The van der Waals surface area contributed by atoms with Gasteiger partial charge in [-0.1, -0.05) is 12.1 Å². The van der Waals surface area contributed by atoms with E-state index in [2.05, 4.69) is 4.98 Å². The molecule has 0 unspecified atom stereocenters. The molecule has 0 aliphatic carbocycles. The van der Waals surface area contributed by atoms with E-state index in [1.54, 1.807) is 29.2 Å². The van der Waals surface area contributed by atoms with Gasteiger partial charge in [0.05, 0.1) is 35.3 Å². The van der Waals surface area contributed by atoms with Gasteiger partial charge < -0.3 is 30.1 Å². The normalized spacial score (nSPS) is 12.8. The molecule has 2 heterocycles. The van der Waals surface area contributed by atoms with E-state index in [9.17, 15) is 19.5 Å². The molecule has 204 valence electrons. The monoisotopic (exact) mass is 525 g/mol. The lowest BCUT2D eigenvalue weighted by molar-refractivity contribution is 0.0481. The number of carbonyl (C=O) groups excluding carboxylic acids is 2. The Morgan fingerprint density at radius 1 is 1.05 bits per heavy atom. The molecule has 1 fully saturated rings. The van der Waals surface area contributed by atoms with Crippen LogP contribution in [-0.4, -0.2) is 89.4 Å². The van der Waals surface area contributed by atoms with Crippen LogP contribution in [0, 0.1) is 0 Å². The predicted octanol–water partition coefficient (Wildman–Crippen LogP) is 3.06. The zero-order chi connectivity index (χ0) is 27.7. The average Bonchev–Trinajstić information content (AvgIpc) is 3.54. The molecule has 1 aliphatic heterocycles. The Bertz CT molecular complexity index is 1250. The van der Waals surface area contributed by atoms with Crippen LogP contribution < -0.4 is 10.5 Å². The van der Waals surface area contributed by atoms with Gasteiger partial charge in [0.1, 0.15) is 6.61 Å². The van der Waals surface area contributed by atoms with Crippen LogP contribution in [0.3, 0.4) is 0 Å². The van der Waals surface area contributed by atoms with Gasteiger partial charge in [0.15, 0.2) is 0 Å². The Balaban J connectivity index is 0.000000427. The van der Waals surface area contributed by atoms with Crippen LogP contribution in [0.15, 0.2) is 42.5 Å². The molecule has 3 aromatic rings. The number of aromatic carboxylic acids is 1. The molecule has 1 saturated heterocycles. The van der Waals surface area contributed by atoms with Gasteiger partial charge in [-0.2, -0.15) is 4.98 Å². The number of carboxylic acids is 1. The molecule has 38 heavy (non-hydrogen) atoms. The number of aromatic nitrogens is 2. The molecule has 3 N–H and O–H groups in total. The van der Waals surface area contributed by atoms with Crippen molar-refractivity contribution in [1.29, 1.82) is 0 Å². The third-order valence-electron chi connectivity index (χ3n) is 5.95. The molecule has 1 aromatic heterocycles. The van der Waals surface area contributed by atoms with E-state index < -0.39 is 5.97 Å². The molecule has 0 atom stereocenters. The summed E-state index contributed by atoms with van der Waals surface area (Å²) in [4.78, 5) is 41.9. The highest BCUT2D eigenvalue weighted by molar-refractivity contribution is 5.92. The second-order valence-corrected chi connectivity index (χ2v) is 9.09. The van der Waals surface area contributed by atoms with E-state index in [1.807, 2.05) is 42.6 Å². The summed E-state index contributed by atoms with van der Waals surface area (Å²) in [6.07, 6.45) is 2.23. The van der Waals surface area contributed by atoms with Crippen molar-refractivity contribution in [2.45, 2.75) is 26.3 Å². The van der Waals surface area contributed by atoms with Gasteiger partial charge in [-0.05, 0) is 69.8 Å². The zero-order valence-electron chi connectivity index (χ0n) is 22.1. The first-order chi connectivity index (χ1) is 18.2. The molecule has 0 spiro atoms. The molecule has 2 aromatic carbocycles. The Morgan fingerprint density at radius 2 is 1.71 bits per heavy atom. The quantitative estimate of drug-likeness (QED) is 0.406. The fourth-order valence-electron chi connectivity index (χ4n) is 3.90. The third-order valence-corrected chi connectivity index (χ3v) is 5.95. The number of benzene rings is 2. The maximum atomic E-state index is 12.1. The minimum absolute atomic E-state index is 0.183. The molecule has 1 aliphatic rings. The summed E-state index contributed by atoms with van der Waals surface area (Å²) in [5, 5.41) is 9.30. The van der Waals surface area contributed by atoms with E-state index in [-0.39, 0.29) is 17.6 Å². The van der Waals surface area contributed by atoms with Gasteiger partial charge in [0, 0.05) is 19.6 Å². The lowest BCUT2D eigenvalue weighted by atomic mass is 10.1. The Morgan fingerprint density at radius 3 is 2.26 bits per heavy atom. The summed E-state index contributed by atoms with van der Waals surface area (Å²) in [6.45, 7) is 5.43. The number of amides is 2. The summed E-state index contributed by atoms with van der Waals surface area (Å²) in [5.41, 5.74) is 7.89. The maximum absolute atomic E-state index is 12.1. The number of imidazole rings is 1. The molecule has 4 rings (SSSR count). The van der Waals surface area contributed by atoms with Crippen molar-refractivity contribution in [2.24, 2.45) is 5.73 Å². The van der Waals surface area contributed by atoms with Crippen molar-refractivity contribution in [3.8, 4) is 6.01 Å². The number of esters is 1. The number of likely N-dealkylation sites (tertiary alicyclic amines) is 1. The summed E-state index contributed by atoms with van der Waals surface area (Å²) < 4.78 is 12.7. The fraction of sp³-hybridized carbons (Fsp3) is 0.407. The van der Waals surface area contributed by atoms with E-state index in [1.165, 1.54) is 6.07 Å². The highest BCUT2D eigenvalue weighted by atomic mass is 16.5. The van der Waals surface area contributed by atoms with E-state index in [0.717, 1.165) is 31.5 Å². The molecular formula is C27H35N5O6. The van der Waals surface area contributed by atoms with Crippen LogP contribution in [0.1, 0.15) is 46.0 Å². The summed E-state index contributed by atoms with van der Waals surface area (Å²) in [7, 11) is 3.83. The maximum Gasteiger partial charge on any atom is 0.338 e. The number of nitrogens with two attached hydrogens (primary N) is 1. The van der Waals surface area contributed by atoms with Gasteiger partial charge in [0.2, 0.25) is 0 Å². The standard InChI is InChI=1S/C22H25N3O5.C5H10N2O/c1-4-29-22-23-18-10-9-17(20(26)27)13-19(18)25(22)14-15-5-7-16(8-6-15)21(28)30-12-11-24(2)3;6-5(8)7-3-1-2-4-7/h5-10,13H,4,11-12,14H2,1-3H3,(H,26,27);1-4H2,(H2,6,8). The topological polar surface area (TPSA) is 140 Å². The minimum atomic E-state index is -1.00. The summed E-state index contributed by atoms with van der Waals surface area (Å²) in [5.74, 6) is -1.36. The first-order valence-electron chi connectivity index (χ1n) is 12.5. The largest absolute Gasteiger partial charge is 0.478 e. The van der Waals surface area contributed by atoms with Crippen molar-refractivity contribution in [3.63, 3.8) is 0 Å². The molecule has 0 radical (unpaired) electrons. The fourth-order valence-corrected chi connectivity index (χ4v) is 3.90. The number of rotatable bonds is 9. The molecule has 0 saturated carbocycles. The van der Waals surface area contributed by atoms with Crippen molar-refractivity contribution < 1.29 is 29.0 Å². The molecule has 0 bridgehead atoms. The van der Waals surface area contributed by atoms with Crippen LogP contribution in [0.4, 0.5) is 4.79 Å². The number of hydrogen-bond acceptors (Lipinski definition) is 7. The SMILES string of the molecule is CCOc1nc2ccc(C(=O)O)cc2n1Cc1ccc(C(=O)OCCN(C)C)cc1.NC(=O)N1CCCC1. The number of carbonyl (C=O) groups is 3. The second-order valence-electron chi connectivity index (χ2n) is 9.09. The number of nitrogens with zero attached hydrogens (tertiary/aromatic N) is 4. The number of hydrogen-bond donors (Lipinski definition) is 2. The highest BCUT2D eigenvalue weighted by Gasteiger charge is 2.16. The van der Waals surface area contributed by atoms with Gasteiger partial charge >= 0.3 is 18.0 Å². The molecular weight excluding hydrogens is 490 g/mol. The first-order valence-corrected chi connectivity index (χ1v) is 12.5. The Labute approximate surface area is 221 Å². The molecule has 11 heteroatoms. The van der Waals surface area contributed by atoms with Gasteiger partial charge in [-0.3, -0.25) is 4.57 Å². The lowest BCUT2D eigenvalue weighted by Crippen LogP contribution is -2.32. The highest BCUT2D eigenvalue weighted by Crippen LogP contribution is 2.24. The minimum Gasteiger partial charge on any atom is -0.478 e. The van der Waals surface area contributed by atoms with Crippen molar-refractivity contribution in [3.05, 3.63) is 59.2 Å². The van der Waals surface area contributed by atoms with E-state index in [4.69, 9.17) is 15.2 Å². The van der Waals surface area contributed by atoms with Crippen LogP contribution in [0.5, 0.6) is 6.01 Å². The second kappa shape index (κ2) is 13.4. The zero-order valence-corrected chi connectivity index (χ0v) is 22.1. The van der Waals surface area contributed by atoms with E-state index in [0.29, 0.717) is 48.9 Å². The van der Waals surface area contributed by atoms with Gasteiger partial charge in [-0.15, -0.1) is 0 Å². The predicted molar refractivity (Wildman–Crippen MR) is 143 cm³/mol. The smallest absolute Gasteiger partial charge is 0.338 e. The first kappa shape index (κ1) is 28.5. The number of primary amides is 1. The van der Waals surface area contributed by atoms with Crippen LogP contribution in [0.2, 0.25) is 0 Å². The van der Waals surface area contributed by atoms with Gasteiger partial charge in [0.25, 0.3) is 6.01 Å².